The van der Waals surface area contributed by atoms with Gasteiger partial charge in [0.15, 0.2) is 0 Å². The zero-order valence-corrected chi connectivity index (χ0v) is 16.1. The monoisotopic (exact) mass is 364 g/mol. The average Bonchev–Trinajstić information content (AvgIpc) is 3.05. The van der Waals surface area contributed by atoms with E-state index in [9.17, 15) is 0 Å². The molecule has 3 aromatic rings. The van der Waals surface area contributed by atoms with Crippen LogP contribution in [0.15, 0.2) is 36.5 Å². The van der Waals surface area contributed by atoms with Gasteiger partial charge in [0.2, 0.25) is 0 Å². The number of thiazole rings is 1. The van der Waals surface area contributed by atoms with E-state index in [2.05, 4.69) is 59.4 Å². The molecule has 1 aromatic carbocycles. The van der Waals surface area contributed by atoms with Crippen LogP contribution in [0.2, 0.25) is 0 Å². The Morgan fingerprint density at radius 2 is 2.00 bits per heavy atom. The molecule has 0 unspecified atom stereocenters. The lowest BCUT2D eigenvalue weighted by molar-refractivity contribution is 0.0458. The summed E-state index contributed by atoms with van der Waals surface area (Å²) in [6.45, 7) is 6.94. The van der Waals surface area contributed by atoms with Crippen molar-refractivity contribution in [3.8, 4) is 11.3 Å². The van der Waals surface area contributed by atoms with Gasteiger partial charge >= 0.3 is 0 Å². The number of nitrogens with zero attached hydrogens (tertiary/aromatic N) is 3. The van der Waals surface area contributed by atoms with Crippen LogP contribution in [0.5, 0.6) is 0 Å². The number of anilines is 1. The minimum atomic E-state index is 0.541. The molecule has 0 saturated carbocycles. The Morgan fingerprint density at radius 1 is 1.15 bits per heavy atom. The highest BCUT2D eigenvalue weighted by Gasteiger charge is 2.39. The molecule has 3 fully saturated rings. The quantitative estimate of drug-likeness (QED) is 0.740. The molecule has 0 spiro atoms. The van der Waals surface area contributed by atoms with E-state index in [-0.39, 0.29) is 0 Å². The number of rotatable bonds is 3. The topological polar surface area (TPSA) is 41.1 Å². The number of pyridine rings is 1. The highest BCUT2D eigenvalue weighted by Crippen LogP contribution is 2.34. The number of nitrogens with one attached hydrogen (secondary N) is 1. The molecule has 0 radical (unpaired) electrons. The molecule has 0 amide bonds. The smallest absolute Gasteiger partial charge is 0.0907 e. The van der Waals surface area contributed by atoms with E-state index in [0.29, 0.717) is 12.1 Å². The Hall–Kier alpha value is -1.98. The van der Waals surface area contributed by atoms with Crippen molar-refractivity contribution in [2.45, 2.75) is 38.8 Å². The molecular formula is C21H24N4S. The standard InChI is InChI=1S/C21H24N4S/c1-13-21(15-7-9-25(13)10-8-15)24-17-4-5-18(22-12-17)16-3-6-20-19(11-16)23-14(2)26-20/h3-6,11-13,15,21,24H,7-10H2,1-2H3/t13-,21+/m1/s1. The van der Waals surface area contributed by atoms with Crippen LogP contribution in [0.4, 0.5) is 5.69 Å². The first-order valence-electron chi connectivity index (χ1n) is 9.51. The molecule has 3 aliphatic rings. The van der Waals surface area contributed by atoms with Crippen molar-refractivity contribution >= 4 is 27.2 Å². The highest BCUT2D eigenvalue weighted by molar-refractivity contribution is 7.18. The lowest BCUT2D eigenvalue weighted by Gasteiger charge is -2.50. The van der Waals surface area contributed by atoms with Crippen LogP contribution in [-0.4, -0.2) is 40.0 Å². The van der Waals surface area contributed by atoms with Crippen LogP contribution in [0.25, 0.3) is 21.5 Å². The third kappa shape index (κ3) is 2.79. The largest absolute Gasteiger partial charge is 0.379 e. The number of hydrogen-bond acceptors (Lipinski definition) is 5. The Balaban J connectivity index is 1.36. The second kappa shape index (κ2) is 6.32. The summed E-state index contributed by atoms with van der Waals surface area (Å²) >= 11 is 1.74. The van der Waals surface area contributed by atoms with Crippen LogP contribution in [-0.2, 0) is 0 Å². The lowest BCUT2D eigenvalue weighted by Crippen LogP contribution is -2.59. The van der Waals surface area contributed by atoms with Gasteiger partial charge in [-0.15, -0.1) is 11.3 Å². The van der Waals surface area contributed by atoms with E-state index in [4.69, 9.17) is 4.98 Å². The molecule has 1 N–H and O–H groups in total. The predicted molar refractivity (Wildman–Crippen MR) is 109 cm³/mol. The van der Waals surface area contributed by atoms with E-state index >= 15 is 0 Å². The van der Waals surface area contributed by atoms with Gasteiger partial charge in [0.25, 0.3) is 0 Å². The third-order valence-corrected chi connectivity index (χ3v) is 7.02. The molecule has 2 aromatic heterocycles. The van der Waals surface area contributed by atoms with E-state index in [1.165, 1.54) is 30.6 Å². The molecule has 2 bridgehead atoms. The average molecular weight is 365 g/mol. The molecule has 5 heterocycles. The Kier molecular flexibility index (Phi) is 3.94. The zero-order chi connectivity index (χ0) is 17.7. The first kappa shape index (κ1) is 16.2. The second-order valence-corrected chi connectivity index (χ2v) is 8.87. The molecular weight excluding hydrogens is 340 g/mol. The van der Waals surface area contributed by atoms with Gasteiger partial charge in [-0.1, -0.05) is 6.07 Å². The van der Waals surface area contributed by atoms with Gasteiger partial charge in [-0.3, -0.25) is 9.88 Å². The number of benzene rings is 1. The first-order chi connectivity index (χ1) is 12.7. The normalized spacial score (nSPS) is 27.8. The van der Waals surface area contributed by atoms with Crippen LogP contribution in [0.1, 0.15) is 24.8 Å². The molecule has 3 saturated heterocycles. The summed E-state index contributed by atoms with van der Waals surface area (Å²) in [5, 5.41) is 4.87. The molecule has 2 atom stereocenters. The Morgan fingerprint density at radius 3 is 2.73 bits per heavy atom. The molecule has 5 heteroatoms. The molecule has 3 aliphatic heterocycles. The van der Waals surface area contributed by atoms with Crippen molar-refractivity contribution in [1.82, 2.24) is 14.9 Å². The number of hydrogen-bond donors (Lipinski definition) is 1. The third-order valence-electron chi connectivity index (χ3n) is 6.06. The minimum Gasteiger partial charge on any atom is -0.379 e. The van der Waals surface area contributed by atoms with Crippen molar-refractivity contribution in [2.75, 3.05) is 18.4 Å². The maximum absolute atomic E-state index is 4.71. The predicted octanol–water partition coefficient (Wildman–Crippen LogP) is 4.56. The van der Waals surface area contributed by atoms with E-state index in [0.717, 1.165) is 33.4 Å². The first-order valence-corrected chi connectivity index (χ1v) is 10.3. The van der Waals surface area contributed by atoms with Crippen LogP contribution in [0.3, 0.4) is 0 Å². The van der Waals surface area contributed by atoms with Gasteiger partial charge < -0.3 is 5.32 Å². The molecule has 6 rings (SSSR count). The Labute approximate surface area is 158 Å². The van der Waals surface area contributed by atoms with Crippen molar-refractivity contribution < 1.29 is 0 Å². The molecule has 26 heavy (non-hydrogen) atoms. The van der Waals surface area contributed by atoms with Gasteiger partial charge in [0.05, 0.1) is 32.8 Å². The number of aromatic nitrogens is 2. The van der Waals surface area contributed by atoms with Gasteiger partial charge in [0, 0.05) is 17.6 Å². The molecule has 0 aliphatic carbocycles. The van der Waals surface area contributed by atoms with Crippen LogP contribution < -0.4 is 5.32 Å². The van der Waals surface area contributed by atoms with Crippen molar-refractivity contribution in [1.29, 1.82) is 0 Å². The van der Waals surface area contributed by atoms with Crippen LogP contribution in [0, 0.1) is 12.8 Å². The maximum Gasteiger partial charge on any atom is 0.0907 e. The summed E-state index contributed by atoms with van der Waals surface area (Å²) in [4.78, 5) is 11.9. The number of aryl methyl sites for hydroxylation is 1. The van der Waals surface area contributed by atoms with Crippen LogP contribution >= 0.6 is 11.3 Å². The van der Waals surface area contributed by atoms with E-state index in [1.807, 2.05) is 6.20 Å². The second-order valence-electron chi connectivity index (χ2n) is 7.63. The van der Waals surface area contributed by atoms with Crippen molar-refractivity contribution in [3.05, 3.63) is 41.5 Å². The summed E-state index contributed by atoms with van der Waals surface area (Å²) in [7, 11) is 0. The summed E-state index contributed by atoms with van der Waals surface area (Å²) in [5.41, 5.74) is 4.33. The summed E-state index contributed by atoms with van der Waals surface area (Å²) in [6, 6.07) is 11.9. The summed E-state index contributed by atoms with van der Waals surface area (Å²) in [6.07, 6.45) is 4.62. The van der Waals surface area contributed by atoms with Gasteiger partial charge in [-0.2, -0.15) is 0 Å². The number of fused-ring (bicyclic) bond motifs is 4. The summed E-state index contributed by atoms with van der Waals surface area (Å²) < 4.78 is 1.24. The maximum atomic E-state index is 4.71. The fourth-order valence-electron chi connectivity index (χ4n) is 4.59. The van der Waals surface area contributed by atoms with E-state index in [1.54, 1.807) is 11.3 Å². The summed E-state index contributed by atoms with van der Waals surface area (Å²) in [5.74, 6) is 0.796. The highest BCUT2D eigenvalue weighted by atomic mass is 32.1. The number of piperidine rings is 3. The zero-order valence-electron chi connectivity index (χ0n) is 15.3. The Bertz CT molecular complexity index is 923. The van der Waals surface area contributed by atoms with Gasteiger partial charge in [-0.05, 0) is 70.0 Å². The fraction of sp³-hybridized carbons (Fsp3) is 0.429. The fourth-order valence-corrected chi connectivity index (χ4v) is 5.40. The van der Waals surface area contributed by atoms with E-state index < -0.39 is 0 Å². The van der Waals surface area contributed by atoms with Crippen molar-refractivity contribution in [3.63, 3.8) is 0 Å². The van der Waals surface area contributed by atoms with Gasteiger partial charge in [-0.25, -0.2) is 4.98 Å². The minimum absolute atomic E-state index is 0.541. The molecule has 134 valence electrons. The lowest BCUT2D eigenvalue weighted by atomic mass is 9.79. The van der Waals surface area contributed by atoms with Crippen molar-refractivity contribution in [2.24, 2.45) is 5.92 Å². The SMILES string of the molecule is Cc1nc2cc(-c3ccc(N[C@@H]4C5CCN(CC5)[C@@H]4C)cn3)ccc2s1. The molecule has 4 nitrogen and oxygen atoms in total. The van der Waals surface area contributed by atoms with Gasteiger partial charge in [0.1, 0.15) is 0 Å².